The molecule has 1 amide bonds. The van der Waals surface area contributed by atoms with Crippen molar-refractivity contribution in [2.24, 2.45) is 11.8 Å². The van der Waals surface area contributed by atoms with Gasteiger partial charge in [-0.05, 0) is 61.9 Å². The van der Waals surface area contributed by atoms with Crippen molar-refractivity contribution >= 4 is 5.91 Å². The van der Waals surface area contributed by atoms with E-state index in [4.69, 9.17) is 4.74 Å². The summed E-state index contributed by atoms with van der Waals surface area (Å²) in [5, 5.41) is 6.46. The molecule has 2 unspecified atom stereocenters. The minimum absolute atomic E-state index is 0.168. The summed E-state index contributed by atoms with van der Waals surface area (Å²) < 4.78 is 5.21. The number of piperidine rings is 1. The fraction of sp³-hybridized carbons (Fsp3) is 0.611. The van der Waals surface area contributed by atoms with Gasteiger partial charge in [-0.3, -0.25) is 4.79 Å². The predicted octanol–water partition coefficient (Wildman–Crippen LogP) is 2.38. The second-order valence-electron chi connectivity index (χ2n) is 6.24. The summed E-state index contributed by atoms with van der Waals surface area (Å²) in [6.07, 6.45) is 3.94. The van der Waals surface area contributed by atoms with Gasteiger partial charge < -0.3 is 15.4 Å². The Morgan fingerprint density at radius 1 is 1.50 bits per heavy atom. The first-order chi connectivity index (χ1) is 10.7. The van der Waals surface area contributed by atoms with Crippen LogP contribution in [0.25, 0.3) is 0 Å². The molecule has 0 radical (unpaired) electrons. The topological polar surface area (TPSA) is 50.4 Å². The standard InChI is InChI=1S/C18H28N2O2/c1-14(16-6-4-9-19-13-16)11-18(21)20-10-8-15-5-3-7-17(12-15)22-2/h3,5,7,12,14,16,19H,4,6,8-11,13H2,1-2H3,(H,20,21). The number of carbonyl (C=O) groups is 1. The van der Waals surface area contributed by atoms with Crippen LogP contribution in [0.4, 0.5) is 0 Å². The van der Waals surface area contributed by atoms with Crippen molar-refractivity contribution in [1.29, 1.82) is 0 Å². The van der Waals surface area contributed by atoms with Crippen LogP contribution in [0, 0.1) is 11.8 Å². The lowest BCUT2D eigenvalue weighted by molar-refractivity contribution is -0.122. The Balaban J connectivity index is 1.68. The van der Waals surface area contributed by atoms with Gasteiger partial charge >= 0.3 is 0 Å². The van der Waals surface area contributed by atoms with Crippen LogP contribution in [-0.2, 0) is 11.2 Å². The van der Waals surface area contributed by atoms with E-state index in [1.54, 1.807) is 7.11 Å². The molecular weight excluding hydrogens is 276 g/mol. The Morgan fingerprint density at radius 3 is 3.09 bits per heavy atom. The Morgan fingerprint density at radius 2 is 2.36 bits per heavy atom. The molecule has 122 valence electrons. The van der Waals surface area contributed by atoms with Gasteiger partial charge in [-0.2, -0.15) is 0 Å². The highest BCUT2D eigenvalue weighted by atomic mass is 16.5. The minimum Gasteiger partial charge on any atom is -0.497 e. The molecule has 0 bridgehead atoms. The highest BCUT2D eigenvalue weighted by molar-refractivity contribution is 5.76. The fourth-order valence-electron chi connectivity index (χ4n) is 3.07. The molecule has 0 aliphatic carbocycles. The van der Waals surface area contributed by atoms with Crippen molar-refractivity contribution in [1.82, 2.24) is 10.6 Å². The van der Waals surface area contributed by atoms with Gasteiger partial charge in [0.2, 0.25) is 5.91 Å². The molecule has 22 heavy (non-hydrogen) atoms. The van der Waals surface area contributed by atoms with E-state index in [2.05, 4.69) is 23.6 Å². The van der Waals surface area contributed by atoms with Crippen LogP contribution >= 0.6 is 0 Å². The number of nitrogens with one attached hydrogen (secondary N) is 2. The van der Waals surface area contributed by atoms with Crippen molar-refractivity contribution in [2.45, 2.75) is 32.6 Å². The number of hydrogen-bond donors (Lipinski definition) is 2. The van der Waals surface area contributed by atoms with Gasteiger partial charge in [0.05, 0.1) is 7.11 Å². The molecular formula is C18H28N2O2. The quantitative estimate of drug-likeness (QED) is 0.813. The van der Waals surface area contributed by atoms with E-state index < -0.39 is 0 Å². The lowest BCUT2D eigenvalue weighted by Gasteiger charge is -2.28. The first-order valence-electron chi connectivity index (χ1n) is 8.29. The van der Waals surface area contributed by atoms with E-state index in [0.29, 0.717) is 24.8 Å². The summed E-state index contributed by atoms with van der Waals surface area (Å²) in [6.45, 7) is 5.05. The zero-order valence-corrected chi connectivity index (χ0v) is 13.7. The van der Waals surface area contributed by atoms with Gasteiger partial charge in [0.25, 0.3) is 0 Å². The van der Waals surface area contributed by atoms with Gasteiger partial charge in [-0.25, -0.2) is 0 Å². The molecule has 2 rings (SSSR count). The van der Waals surface area contributed by atoms with E-state index in [1.165, 1.54) is 18.4 Å². The maximum absolute atomic E-state index is 12.1. The maximum Gasteiger partial charge on any atom is 0.220 e. The van der Waals surface area contributed by atoms with Crippen LogP contribution in [0.3, 0.4) is 0 Å². The second-order valence-corrected chi connectivity index (χ2v) is 6.24. The van der Waals surface area contributed by atoms with Crippen LogP contribution in [0.2, 0.25) is 0 Å². The molecule has 1 aliphatic rings. The van der Waals surface area contributed by atoms with Gasteiger partial charge in [0.1, 0.15) is 5.75 Å². The molecule has 1 fully saturated rings. The number of methoxy groups -OCH3 is 1. The van der Waals surface area contributed by atoms with Gasteiger partial charge in [-0.15, -0.1) is 0 Å². The minimum atomic E-state index is 0.168. The number of carbonyl (C=O) groups excluding carboxylic acids is 1. The van der Waals surface area contributed by atoms with Gasteiger partial charge in [0.15, 0.2) is 0 Å². The molecule has 1 saturated heterocycles. The number of amides is 1. The lowest BCUT2D eigenvalue weighted by Crippen LogP contribution is -2.36. The largest absolute Gasteiger partial charge is 0.497 e. The van der Waals surface area contributed by atoms with Crippen LogP contribution in [0.15, 0.2) is 24.3 Å². The monoisotopic (exact) mass is 304 g/mol. The molecule has 1 aliphatic heterocycles. The molecule has 0 saturated carbocycles. The van der Waals surface area contributed by atoms with Crippen molar-refractivity contribution in [3.63, 3.8) is 0 Å². The lowest BCUT2D eigenvalue weighted by atomic mass is 9.85. The Bertz CT molecular complexity index is 470. The van der Waals surface area contributed by atoms with E-state index in [1.807, 2.05) is 18.2 Å². The van der Waals surface area contributed by atoms with Crippen LogP contribution in [0.5, 0.6) is 5.75 Å². The van der Waals surface area contributed by atoms with Crippen molar-refractivity contribution in [2.75, 3.05) is 26.7 Å². The number of benzene rings is 1. The van der Waals surface area contributed by atoms with Crippen LogP contribution in [-0.4, -0.2) is 32.7 Å². The summed E-state index contributed by atoms with van der Waals surface area (Å²) in [4.78, 5) is 12.1. The molecule has 0 spiro atoms. The van der Waals surface area contributed by atoms with E-state index in [9.17, 15) is 4.79 Å². The van der Waals surface area contributed by atoms with Gasteiger partial charge in [-0.1, -0.05) is 19.1 Å². The van der Waals surface area contributed by atoms with E-state index in [0.717, 1.165) is 25.3 Å². The summed E-state index contributed by atoms with van der Waals surface area (Å²) in [5.41, 5.74) is 1.18. The zero-order valence-electron chi connectivity index (χ0n) is 13.7. The van der Waals surface area contributed by atoms with Crippen LogP contribution < -0.4 is 15.4 Å². The Labute approximate surface area is 133 Å². The zero-order chi connectivity index (χ0) is 15.8. The third kappa shape index (κ3) is 5.34. The average Bonchev–Trinajstić information content (AvgIpc) is 2.56. The number of hydrogen-bond acceptors (Lipinski definition) is 3. The second kappa shape index (κ2) is 8.79. The van der Waals surface area contributed by atoms with E-state index in [-0.39, 0.29) is 5.91 Å². The summed E-state index contributed by atoms with van der Waals surface area (Å²) >= 11 is 0. The molecule has 4 heteroatoms. The SMILES string of the molecule is COc1cccc(CCNC(=O)CC(C)C2CCCNC2)c1. The highest BCUT2D eigenvalue weighted by Gasteiger charge is 2.21. The third-order valence-electron chi connectivity index (χ3n) is 4.52. The van der Waals surface area contributed by atoms with Gasteiger partial charge in [0, 0.05) is 13.0 Å². The van der Waals surface area contributed by atoms with Crippen LogP contribution in [0.1, 0.15) is 31.7 Å². The highest BCUT2D eigenvalue weighted by Crippen LogP contribution is 2.22. The maximum atomic E-state index is 12.1. The van der Waals surface area contributed by atoms with Crippen molar-refractivity contribution in [3.05, 3.63) is 29.8 Å². The fourth-order valence-corrected chi connectivity index (χ4v) is 3.07. The first kappa shape index (κ1) is 16.8. The summed E-state index contributed by atoms with van der Waals surface area (Å²) in [7, 11) is 1.67. The number of ether oxygens (including phenoxy) is 1. The molecule has 1 aromatic carbocycles. The summed E-state index contributed by atoms with van der Waals surface area (Å²) in [6, 6.07) is 7.99. The predicted molar refractivity (Wildman–Crippen MR) is 89.1 cm³/mol. The van der Waals surface area contributed by atoms with E-state index >= 15 is 0 Å². The smallest absolute Gasteiger partial charge is 0.220 e. The molecule has 2 atom stereocenters. The third-order valence-corrected chi connectivity index (χ3v) is 4.52. The van der Waals surface area contributed by atoms with Crippen molar-refractivity contribution < 1.29 is 9.53 Å². The molecule has 2 N–H and O–H groups in total. The normalized spacial score (nSPS) is 19.5. The molecule has 1 heterocycles. The molecule has 4 nitrogen and oxygen atoms in total. The molecule has 0 aromatic heterocycles. The average molecular weight is 304 g/mol. The first-order valence-corrected chi connectivity index (χ1v) is 8.29. The molecule has 1 aromatic rings. The van der Waals surface area contributed by atoms with Crippen molar-refractivity contribution in [3.8, 4) is 5.75 Å². The Kier molecular flexibility index (Phi) is 6.72. The summed E-state index contributed by atoms with van der Waals surface area (Å²) in [5.74, 6) is 2.12. The Hall–Kier alpha value is -1.55. The number of rotatable bonds is 7.